The molecule has 2 aromatic carbocycles. The first-order valence-corrected chi connectivity index (χ1v) is 8.67. The van der Waals surface area contributed by atoms with Crippen LogP contribution in [-0.2, 0) is 9.59 Å². The predicted molar refractivity (Wildman–Crippen MR) is 100 cm³/mol. The minimum atomic E-state index is -0.681. The molecule has 2 unspecified atom stereocenters. The van der Waals surface area contributed by atoms with Crippen LogP contribution in [0.15, 0.2) is 60.7 Å². The summed E-state index contributed by atoms with van der Waals surface area (Å²) in [6.07, 6.45) is 0.336. The molecule has 0 bridgehead atoms. The van der Waals surface area contributed by atoms with Crippen LogP contribution in [0.5, 0.6) is 0 Å². The zero-order valence-electron chi connectivity index (χ0n) is 15.0. The molecule has 0 radical (unpaired) electrons. The molecule has 0 aliphatic carbocycles. The average Bonchev–Trinajstić information content (AvgIpc) is 2.60. The second-order valence-electron chi connectivity index (χ2n) is 6.59. The maximum absolute atomic E-state index is 12.5. The third kappa shape index (κ3) is 5.75. The van der Waals surface area contributed by atoms with Gasteiger partial charge in [-0.05, 0) is 30.9 Å². The Labute approximate surface area is 149 Å². The molecule has 132 valence electrons. The van der Waals surface area contributed by atoms with Gasteiger partial charge < -0.3 is 10.6 Å². The van der Waals surface area contributed by atoms with E-state index in [1.54, 1.807) is 0 Å². The van der Waals surface area contributed by atoms with E-state index >= 15 is 0 Å². The Morgan fingerprint density at radius 1 is 0.800 bits per heavy atom. The molecule has 0 aliphatic heterocycles. The van der Waals surface area contributed by atoms with Crippen LogP contribution in [0.2, 0.25) is 0 Å². The average molecular weight is 338 g/mol. The summed E-state index contributed by atoms with van der Waals surface area (Å²) in [5.74, 6) is -0.239. The lowest BCUT2D eigenvalue weighted by Crippen LogP contribution is -2.43. The standard InChI is InChI=1S/C21H26N2O2/c1-15(2)22-21(25)20(18-12-8-5-9-13-18)23-19(24)14-16(3)17-10-6-4-7-11-17/h4-13,15-16,20H,14H2,1-3H3,(H,22,25)(H,23,24). The first-order valence-electron chi connectivity index (χ1n) is 8.67. The highest BCUT2D eigenvalue weighted by Crippen LogP contribution is 2.20. The van der Waals surface area contributed by atoms with E-state index in [1.165, 1.54) is 0 Å². The first-order chi connectivity index (χ1) is 12.0. The highest BCUT2D eigenvalue weighted by Gasteiger charge is 2.24. The molecule has 25 heavy (non-hydrogen) atoms. The van der Waals surface area contributed by atoms with Crippen molar-refractivity contribution >= 4 is 11.8 Å². The van der Waals surface area contributed by atoms with Crippen molar-refractivity contribution in [2.24, 2.45) is 0 Å². The van der Waals surface area contributed by atoms with Crippen LogP contribution in [0.25, 0.3) is 0 Å². The number of carbonyl (C=O) groups is 2. The lowest BCUT2D eigenvalue weighted by molar-refractivity contribution is -0.129. The number of rotatable bonds is 7. The van der Waals surface area contributed by atoms with Gasteiger partial charge in [0.25, 0.3) is 0 Å². The normalized spacial score (nSPS) is 13.1. The van der Waals surface area contributed by atoms with Crippen LogP contribution in [-0.4, -0.2) is 17.9 Å². The quantitative estimate of drug-likeness (QED) is 0.811. The summed E-state index contributed by atoms with van der Waals surface area (Å²) < 4.78 is 0. The molecule has 0 saturated carbocycles. The number of benzene rings is 2. The van der Waals surface area contributed by atoms with Crippen molar-refractivity contribution in [2.45, 2.75) is 45.2 Å². The molecule has 0 heterocycles. The van der Waals surface area contributed by atoms with Crippen molar-refractivity contribution in [2.75, 3.05) is 0 Å². The SMILES string of the molecule is CC(C)NC(=O)C(NC(=O)CC(C)c1ccccc1)c1ccccc1. The van der Waals surface area contributed by atoms with Crippen LogP contribution in [0, 0.1) is 0 Å². The number of nitrogens with one attached hydrogen (secondary N) is 2. The summed E-state index contributed by atoms with van der Waals surface area (Å²) in [7, 11) is 0. The first kappa shape index (κ1) is 18.7. The van der Waals surface area contributed by atoms with Gasteiger partial charge in [0.2, 0.25) is 11.8 Å². The van der Waals surface area contributed by atoms with Gasteiger partial charge in [-0.25, -0.2) is 0 Å². The molecule has 2 atom stereocenters. The van der Waals surface area contributed by atoms with Crippen molar-refractivity contribution in [1.82, 2.24) is 10.6 Å². The van der Waals surface area contributed by atoms with Crippen molar-refractivity contribution in [3.63, 3.8) is 0 Å². The molecule has 2 N–H and O–H groups in total. The monoisotopic (exact) mass is 338 g/mol. The summed E-state index contributed by atoms with van der Waals surface area (Å²) in [5.41, 5.74) is 1.89. The summed E-state index contributed by atoms with van der Waals surface area (Å²) in [6.45, 7) is 5.82. The van der Waals surface area contributed by atoms with Gasteiger partial charge in [-0.15, -0.1) is 0 Å². The molecule has 0 spiro atoms. The number of hydrogen-bond donors (Lipinski definition) is 2. The summed E-state index contributed by atoms with van der Waals surface area (Å²) in [5, 5.41) is 5.77. The lowest BCUT2D eigenvalue weighted by atomic mass is 9.97. The van der Waals surface area contributed by atoms with Gasteiger partial charge in [-0.2, -0.15) is 0 Å². The Morgan fingerprint density at radius 3 is 1.84 bits per heavy atom. The van der Waals surface area contributed by atoms with E-state index in [4.69, 9.17) is 0 Å². The fraction of sp³-hybridized carbons (Fsp3) is 0.333. The second kappa shape index (κ2) is 9.02. The molecule has 0 aromatic heterocycles. The molecular weight excluding hydrogens is 312 g/mol. The van der Waals surface area contributed by atoms with Gasteiger partial charge in [0.05, 0.1) is 0 Å². The molecule has 4 heteroatoms. The molecule has 0 saturated heterocycles. The van der Waals surface area contributed by atoms with Crippen molar-refractivity contribution in [1.29, 1.82) is 0 Å². The van der Waals surface area contributed by atoms with Gasteiger partial charge in [0.15, 0.2) is 0 Å². The van der Waals surface area contributed by atoms with Crippen LogP contribution < -0.4 is 10.6 Å². The molecular formula is C21H26N2O2. The Hall–Kier alpha value is -2.62. The molecule has 2 rings (SSSR count). The largest absolute Gasteiger partial charge is 0.352 e. The maximum atomic E-state index is 12.5. The fourth-order valence-electron chi connectivity index (χ4n) is 2.71. The summed E-state index contributed by atoms with van der Waals surface area (Å²) >= 11 is 0. The molecule has 0 fully saturated rings. The minimum Gasteiger partial charge on any atom is -0.352 e. The predicted octanol–water partition coefficient (Wildman–Crippen LogP) is 3.56. The Kier molecular flexibility index (Phi) is 6.75. The van der Waals surface area contributed by atoms with E-state index in [0.29, 0.717) is 6.42 Å². The highest BCUT2D eigenvalue weighted by atomic mass is 16.2. The molecule has 2 aromatic rings. The van der Waals surface area contributed by atoms with Gasteiger partial charge >= 0.3 is 0 Å². The van der Waals surface area contributed by atoms with E-state index in [1.807, 2.05) is 81.4 Å². The van der Waals surface area contributed by atoms with E-state index in [2.05, 4.69) is 10.6 Å². The van der Waals surface area contributed by atoms with Crippen LogP contribution in [0.1, 0.15) is 50.3 Å². The fourth-order valence-corrected chi connectivity index (χ4v) is 2.71. The molecule has 4 nitrogen and oxygen atoms in total. The van der Waals surface area contributed by atoms with E-state index in [9.17, 15) is 9.59 Å². The van der Waals surface area contributed by atoms with Crippen LogP contribution in [0.4, 0.5) is 0 Å². The lowest BCUT2D eigenvalue weighted by Gasteiger charge is -2.21. The minimum absolute atomic E-state index is 0.0128. The number of carbonyl (C=O) groups excluding carboxylic acids is 2. The van der Waals surface area contributed by atoms with Crippen LogP contribution >= 0.6 is 0 Å². The third-order valence-corrected chi connectivity index (χ3v) is 3.99. The highest BCUT2D eigenvalue weighted by molar-refractivity contribution is 5.89. The van der Waals surface area contributed by atoms with Crippen LogP contribution in [0.3, 0.4) is 0 Å². The van der Waals surface area contributed by atoms with E-state index in [0.717, 1.165) is 11.1 Å². The smallest absolute Gasteiger partial charge is 0.247 e. The van der Waals surface area contributed by atoms with Gasteiger partial charge in [-0.1, -0.05) is 67.6 Å². The maximum Gasteiger partial charge on any atom is 0.247 e. The van der Waals surface area contributed by atoms with Gasteiger partial charge in [0.1, 0.15) is 6.04 Å². The van der Waals surface area contributed by atoms with Gasteiger partial charge in [-0.3, -0.25) is 9.59 Å². The van der Waals surface area contributed by atoms with Crippen molar-refractivity contribution in [3.05, 3.63) is 71.8 Å². The zero-order valence-corrected chi connectivity index (χ0v) is 15.0. The zero-order chi connectivity index (χ0) is 18.2. The number of hydrogen-bond acceptors (Lipinski definition) is 2. The number of amides is 2. The second-order valence-corrected chi connectivity index (χ2v) is 6.59. The van der Waals surface area contributed by atoms with Crippen molar-refractivity contribution < 1.29 is 9.59 Å². The van der Waals surface area contributed by atoms with Gasteiger partial charge in [0, 0.05) is 12.5 Å². The molecule has 2 amide bonds. The van der Waals surface area contributed by atoms with Crippen molar-refractivity contribution in [3.8, 4) is 0 Å². The Balaban J connectivity index is 2.08. The summed E-state index contributed by atoms with van der Waals surface area (Å²) in [4.78, 5) is 25.0. The topological polar surface area (TPSA) is 58.2 Å². The third-order valence-electron chi connectivity index (χ3n) is 3.99. The van der Waals surface area contributed by atoms with E-state index in [-0.39, 0.29) is 23.8 Å². The molecule has 0 aliphatic rings. The Morgan fingerprint density at radius 2 is 1.32 bits per heavy atom. The Bertz CT molecular complexity index is 684. The van der Waals surface area contributed by atoms with E-state index < -0.39 is 6.04 Å². The summed E-state index contributed by atoms with van der Waals surface area (Å²) in [6, 6.07) is 18.6.